The quantitative estimate of drug-likeness (QED) is 0.648. The van der Waals surface area contributed by atoms with Crippen molar-refractivity contribution in [3.8, 4) is 0 Å². The molecular formula is C20H28Si2. The van der Waals surface area contributed by atoms with Crippen molar-refractivity contribution < 1.29 is 0 Å². The van der Waals surface area contributed by atoms with E-state index < -0.39 is 16.1 Å². The lowest BCUT2D eigenvalue weighted by Crippen LogP contribution is -2.40. The van der Waals surface area contributed by atoms with Gasteiger partial charge in [0.05, 0.1) is 16.1 Å². The van der Waals surface area contributed by atoms with Crippen LogP contribution in [0.25, 0.3) is 5.57 Å². The summed E-state index contributed by atoms with van der Waals surface area (Å²) in [6, 6.07) is 19.9. The Morgan fingerprint density at radius 3 is 1.82 bits per heavy atom. The highest BCUT2D eigenvalue weighted by Gasteiger charge is 2.23. The van der Waals surface area contributed by atoms with Gasteiger partial charge >= 0.3 is 0 Å². The smallest absolute Gasteiger partial charge is 0.0784 e. The van der Waals surface area contributed by atoms with Crippen LogP contribution in [-0.2, 0) is 0 Å². The van der Waals surface area contributed by atoms with Crippen LogP contribution in [0.3, 0.4) is 0 Å². The van der Waals surface area contributed by atoms with Gasteiger partial charge in [-0.3, -0.25) is 0 Å². The van der Waals surface area contributed by atoms with Crippen LogP contribution in [0.15, 0.2) is 60.3 Å². The van der Waals surface area contributed by atoms with Gasteiger partial charge in [-0.15, -0.1) is 0 Å². The van der Waals surface area contributed by atoms with Gasteiger partial charge in [0.25, 0.3) is 0 Å². The van der Waals surface area contributed by atoms with Gasteiger partial charge in [0.15, 0.2) is 0 Å². The van der Waals surface area contributed by atoms with Crippen molar-refractivity contribution in [2.75, 3.05) is 0 Å². The molecule has 116 valence electrons. The molecule has 2 heteroatoms. The van der Waals surface area contributed by atoms with Crippen LogP contribution in [0.2, 0.25) is 39.3 Å². The molecule has 0 atom stereocenters. The summed E-state index contributed by atoms with van der Waals surface area (Å²) in [7, 11) is -2.69. The maximum Gasteiger partial charge on any atom is 0.0784 e. The number of rotatable bonds is 4. The van der Waals surface area contributed by atoms with Gasteiger partial charge in [-0.2, -0.15) is 0 Å². The fourth-order valence-corrected chi connectivity index (χ4v) is 5.55. The van der Waals surface area contributed by atoms with Crippen LogP contribution in [0.4, 0.5) is 0 Å². The van der Waals surface area contributed by atoms with Crippen LogP contribution >= 0.6 is 0 Å². The first kappa shape index (κ1) is 17.0. The first-order chi connectivity index (χ1) is 10.2. The zero-order chi connectivity index (χ0) is 16.4. The van der Waals surface area contributed by atoms with Crippen LogP contribution in [0, 0.1) is 0 Å². The first-order valence-corrected chi connectivity index (χ1v) is 15.1. The summed E-state index contributed by atoms with van der Waals surface area (Å²) < 4.78 is 0. The molecule has 0 aliphatic heterocycles. The Morgan fingerprint density at radius 2 is 1.27 bits per heavy atom. The summed E-state index contributed by atoms with van der Waals surface area (Å²) in [4.78, 5) is 0. The van der Waals surface area contributed by atoms with Crippen molar-refractivity contribution in [1.82, 2.24) is 0 Å². The molecule has 0 aliphatic carbocycles. The van der Waals surface area contributed by atoms with E-state index >= 15 is 0 Å². The molecule has 0 N–H and O–H groups in total. The molecule has 0 radical (unpaired) electrons. The summed E-state index contributed by atoms with van der Waals surface area (Å²) in [5.41, 5.74) is 6.77. The topological polar surface area (TPSA) is 0 Å². The monoisotopic (exact) mass is 324 g/mol. The number of hydrogen-bond donors (Lipinski definition) is 0. The van der Waals surface area contributed by atoms with Gasteiger partial charge < -0.3 is 0 Å². The Morgan fingerprint density at radius 1 is 0.727 bits per heavy atom. The van der Waals surface area contributed by atoms with Gasteiger partial charge in [0, 0.05) is 0 Å². The molecule has 2 aromatic carbocycles. The second-order valence-corrected chi connectivity index (χ2v) is 18.1. The highest BCUT2D eigenvalue weighted by Crippen LogP contribution is 2.26. The van der Waals surface area contributed by atoms with Gasteiger partial charge in [0.2, 0.25) is 0 Å². The Labute approximate surface area is 137 Å². The normalized spacial score (nSPS) is 13.3. The largest absolute Gasteiger partial charge is 0.0867 e. The molecule has 0 nitrogen and oxygen atoms in total. The van der Waals surface area contributed by atoms with Crippen molar-refractivity contribution in [1.29, 1.82) is 0 Å². The molecule has 0 bridgehead atoms. The van der Waals surface area contributed by atoms with E-state index in [1.165, 1.54) is 16.7 Å². The number of hydrogen-bond acceptors (Lipinski definition) is 0. The maximum atomic E-state index is 2.56. The summed E-state index contributed by atoms with van der Waals surface area (Å²) in [5.74, 6) is 0. The predicted molar refractivity (Wildman–Crippen MR) is 106 cm³/mol. The van der Waals surface area contributed by atoms with Crippen molar-refractivity contribution in [2.45, 2.75) is 39.3 Å². The SMILES string of the molecule is C[Si](C)(C)/C=C(/c1ccccc1)c1ccccc1[Si](C)(C)C. The van der Waals surface area contributed by atoms with Crippen molar-refractivity contribution >= 4 is 26.9 Å². The van der Waals surface area contributed by atoms with E-state index in [0.717, 1.165) is 0 Å². The standard InChI is InChI=1S/C20H28Si2/c1-21(2,3)16-19(17-12-8-7-9-13-17)18-14-10-11-15-20(18)22(4,5)6/h7-16H,1-6H3/b19-16-. The molecule has 0 fully saturated rings. The minimum Gasteiger partial charge on any atom is -0.0867 e. The fourth-order valence-electron chi connectivity index (χ4n) is 2.74. The molecule has 0 aliphatic rings. The van der Waals surface area contributed by atoms with Gasteiger partial charge in [-0.1, -0.05) is 105 Å². The zero-order valence-electron chi connectivity index (χ0n) is 14.8. The maximum absolute atomic E-state index is 2.56. The van der Waals surface area contributed by atoms with E-state index in [2.05, 4.69) is 99.6 Å². The molecule has 0 spiro atoms. The Hall–Kier alpha value is -1.39. The molecule has 2 aromatic rings. The second-order valence-electron chi connectivity index (χ2n) is 8.09. The molecule has 0 heterocycles. The minimum absolute atomic E-state index is 1.31. The lowest BCUT2D eigenvalue weighted by Gasteiger charge is -2.24. The highest BCUT2D eigenvalue weighted by atomic mass is 28.3. The van der Waals surface area contributed by atoms with Gasteiger partial charge in [-0.05, 0) is 16.7 Å². The average molecular weight is 325 g/mol. The van der Waals surface area contributed by atoms with E-state index in [1.54, 1.807) is 5.19 Å². The van der Waals surface area contributed by atoms with E-state index in [0.29, 0.717) is 0 Å². The van der Waals surface area contributed by atoms with Crippen LogP contribution in [0.5, 0.6) is 0 Å². The molecular weight excluding hydrogens is 296 g/mol. The summed E-state index contributed by atoms with van der Waals surface area (Å²) in [6.45, 7) is 14.5. The molecule has 22 heavy (non-hydrogen) atoms. The van der Waals surface area contributed by atoms with Crippen molar-refractivity contribution in [3.05, 3.63) is 71.4 Å². The van der Waals surface area contributed by atoms with E-state index in [1.807, 2.05) is 0 Å². The van der Waals surface area contributed by atoms with E-state index in [9.17, 15) is 0 Å². The van der Waals surface area contributed by atoms with Crippen LogP contribution in [0.1, 0.15) is 11.1 Å². The van der Waals surface area contributed by atoms with E-state index in [-0.39, 0.29) is 0 Å². The van der Waals surface area contributed by atoms with Crippen LogP contribution in [-0.4, -0.2) is 16.1 Å². The fraction of sp³-hybridized carbons (Fsp3) is 0.300. The minimum atomic E-state index is -1.37. The first-order valence-electron chi connectivity index (χ1n) is 8.07. The molecule has 2 rings (SSSR count). The Balaban J connectivity index is 2.70. The molecule has 0 amide bonds. The predicted octanol–water partition coefficient (Wildman–Crippen LogP) is 5.54. The van der Waals surface area contributed by atoms with Crippen molar-refractivity contribution in [2.24, 2.45) is 0 Å². The summed E-state index contributed by atoms with van der Waals surface area (Å²) in [5, 5.41) is 1.56. The summed E-state index contributed by atoms with van der Waals surface area (Å²) >= 11 is 0. The lowest BCUT2D eigenvalue weighted by atomic mass is 9.99. The zero-order valence-corrected chi connectivity index (χ0v) is 16.8. The van der Waals surface area contributed by atoms with Crippen LogP contribution < -0.4 is 5.19 Å². The molecule has 0 saturated heterocycles. The van der Waals surface area contributed by atoms with E-state index in [4.69, 9.17) is 0 Å². The molecule has 0 unspecified atom stereocenters. The third-order valence-corrected chi connectivity index (χ3v) is 6.89. The molecule has 0 saturated carbocycles. The third-order valence-electron chi connectivity index (χ3n) is 3.69. The Kier molecular flexibility index (Phi) is 4.93. The third kappa shape index (κ3) is 4.31. The lowest BCUT2D eigenvalue weighted by molar-refractivity contribution is 1.55. The average Bonchev–Trinajstić information content (AvgIpc) is 2.44. The highest BCUT2D eigenvalue weighted by molar-refractivity contribution is 6.89. The van der Waals surface area contributed by atoms with Gasteiger partial charge in [0.1, 0.15) is 0 Å². The van der Waals surface area contributed by atoms with Gasteiger partial charge in [-0.25, -0.2) is 0 Å². The second kappa shape index (κ2) is 6.39. The van der Waals surface area contributed by atoms with Crippen molar-refractivity contribution in [3.63, 3.8) is 0 Å². The number of benzene rings is 2. The summed E-state index contributed by atoms with van der Waals surface area (Å²) in [6.07, 6.45) is 0. The molecule has 0 aromatic heterocycles. The Bertz CT molecular complexity index is 656.